The molecule has 4 heteroatoms. The minimum atomic E-state index is -0.0228. The fourth-order valence-electron chi connectivity index (χ4n) is 2.80. The highest BCUT2D eigenvalue weighted by molar-refractivity contribution is 5.92. The Kier molecular flexibility index (Phi) is 4.29. The van der Waals surface area contributed by atoms with Crippen LogP contribution < -0.4 is 5.32 Å². The van der Waals surface area contributed by atoms with Crippen LogP contribution in [0.3, 0.4) is 0 Å². The molecule has 1 aliphatic rings. The number of carbonyl (C=O) groups is 1. The topological polar surface area (TPSA) is 45.5 Å². The Bertz CT molecular complexity index is 645. The van der Waals surface area contributed by atoms with E-state index >= 15 is 0 Å². The van der Waals surface area contributed by atoms with Crippen LogP contribution in [0.5, 0.6) is 0 Å². The number of furan rings is 1. The van der Waals surface area contributed by atoms with Crippen molar-refractivity contribution in [3.8, 4) is 11.3 Å². The first-order chi connectivity index (χ1) is 10.7. The number of benzene rings is 1. The summed E-state index contributed by atoms with van der Waals surface area (Å²) in [4.78, 5) is 14.4. The van der Waals surface area contributed by atoms with E-state index in [1.807, 2.05) is 23.1 Å². The maximum Gasteiger partial charge on any atom is 0.289 e. The lowest BCUT2D eigenvalue weighted by Crippen LogP contribution is -2.52. The molecule has 22 heavy (non-hydrogen) atoms. The minimum absolute atomic E-state index is 0.0228. The molecule has 1 amide bonds. The number of aryl methyl sites for hydroxylation is 1. The third kappa shape index (κ3) is 2.92. The number of hydrogen-bond donors (Lipinski definition) is 1. The summed E-state index contributed by atoms with van der Waals surface area (Å²) in [5.41, 5.74) is 2.30. The van der Waals surface area contributed by atoms with E-state index in [0.29, 0.717) is 5.76 Å². The highest BCUT2D eigenvalue weighted by Crippen LogP contribution is 2.24. The number of hydrogen-bond acceptors (Lipinski definition) is 3. The largest absolute Gasteiger partial charge is 0.451 e. The highest BCUT2D eigenvalue weighted by atomic mass is 16.4. The van der Waals surface area contributed by atoms with Gasteiger partial charge in [-0.3, -0.25) is 4.79 Å². The average molecular weight is 298 g/mol. The summed E-state index contributed by atoms with van der Waals surface area (Å²) >= 11 is 0. The summed E-state index contributed by atoms with van der Waals surface area (Å²) in [6.07, 6.45) is 1.02. The lowest BCUT2D eigenvalue weighted by molar-refractivity contribution is 0.0624. The van der Waals surface area contributed by atoms with Crippen LogP contribution in [0.4, 0.5) is 0 Å². The van der Waals surface area contributed by atoms with Gasteiger partial charge < -0.3 is 14.6 Å². The molecule has 0 saturated carbocycles. The van der Waals surface area contributed by atoms with Crippen LogP contribution in [0.2, 0.25) is 0 Å². The Morgan fingerprint density at radius 3 is 2.73 bits per heavy atom. The van der Waals surface area contributed by atoms with Gasteiger partial charge in [-0.25, -0.2) is 0 Å². The van der Waals surface area contributed by atoms with Crippen LogP contribution in [0.25, 0.3) is 11.3 Å². The van der Waals surface area contributed by atoms with Crippen LogP contribution in [0.15, 0.2) is 40.8 Å². The van der Waals surface area contributed by atoms with Gasteiger partial charge in [0.15, 0.2) is 5.76 Å². The van der Waals surface area contributed by atoms with Gasteiger partial charge in [0.05, 0.1) is 0 Å². The van der Waals surface area contributed by atoms with Gasteiger partial charge in [-0.2, -0.15) is 0 Å². The maximum absolute atomic E-state index is 12.6. The zero-order valence-electron chi connectivity index (χ0n) is 13.1. The summed E-state index contributed by atoms with van der Waals surface area (Å²) in [5.74, 6) is 1.14. The summed E-state index contributed by atoms with van der Waals surface area (Å²) in [6.45, 7) is 6.58. The first-order valence-corrected chi connectivity index (χ1v) is 7.90. The average Bonchev–Trinajstić information content (AvgIpc) is 3.05. The second-order valence-corrected chi connectivity index (χ2v) is 5.77. The molecular formula is C18H22N2O2. The van der Waals surface area contributed by atoms with Crippen molar-refractivity contribution in [3.05, 3.63) is 47.7 Å². The van der Waals surface area contributed by atoms with Crippen LogP contribution in [-0.2, 0) is 6.42 Å². The lowest BCUT2D eigenvalue weighted by atomic mass is 10.1. The molecule has 1 saturated heterocycles. The molecule has 1 N–H and O–H groups in total. The standard InChI is InChI=1S/C18H22N2O2/c1-3-14-4-6-15(7-5-14)16-8-9-17(22-16)18(21)20-11-10-19-12-13(20)2/h4-9,13,19H,3,10-12H2,1-2H3/t13-/m1/s1. The molecule has 1 aromatic carbocycles. The molecule has 3 rings (SSSR count). The fourth-order valence-corrected chi connectivity index (χ4v) is 2.80. The zero-order chi connectivity index (χ0) is 15.5. The Morgan fingerprint density at radius 1 is 1.27 bits per heavy atom. The van der Waals surface area contributed by atoms with Crippen molar-refractivity contribution in [2.45, 2.75) is 26.3 Å². The summed E-state index contributed by atoms with van der Waals surface area (Å²) in [6, 6.07) is 12.1. The summed E-state index contributed by atoms with van der Waals surface area (Å²) in [5, 5.41) is 3.29. The minimum Gasteiger partial charge on any atom is -0.451 e. The first-order valence-electron chi connectivity index (χ1n) is 7.90. The SMILES string of the molecule is CCc1ccc(-c2ccc(C(=O)N3CCNC[C@H]3C)o2)cc1. The molecule has 1 fully saturated rings. The lowest BCUT2D eigenvalue weighted by Gasteiger charge is -2.33. The molecule has 4 nitrogen and oxygen atoms in total. The van der Waals surface area contributed by atoms with Crippen LogP contribution in [0.1, 0.15) is 30.0 Å². The number of piperazine rings is 1. The summed E-state index contributed by atoms with van der Waals surface area (Å²) < 4.78 is 5.79. The molecule has 2 heterocycles. The predicted molar refractivity (Wildman–Crippen MR) is 86.9 cm³/mol. The summed E-state index contributed by atoms with van der Waals surface area (Å²) in [7, 11) is 0. The Labute approximate surface area is 131 Å². The van der Waals surface area contributed by atoms with E-state index in [-0.39, 0.29) is 11.9 Å². The van der Waals surface area contributed by atoms with Gasteiger partial charge in [0.25, 0.3) is 5.91 Å². The quantitative estimate of drug-likeness (QED) is 0.947. The van der Waals surface area contributed by atoms with Crippen LogP contribution in [-0.4, -0.2) is 36.5 Å². The Hall–Kier alpha value is -2.07. The second kappa shape index (κ2) is 6.36. The first kappa shape index (κ1) is 14.9. The van der Waals surface area contributed by atoms with Gasteiger partial charge >= 0.3 is 0 Å². The maximum atomic E-state index is 12.6. The molecule has 1 atom stereocenters. The fraction of sp³-hybridized carbons (Fsp3) is 0.389. The van der Waals surface area contributed by atoms with E-state index in [1.54, 1.807) is 6.07 Å². The number of nitrogens with one attached hydrogen (secondary N) is 1. The van der Waals surface area contributed by atoms with Gasteiger partial charge in [0, 0.05) is 31.2 Å². The van der Waals surface area contributed by atoms with E-state index in [2.05, 4.69) is 31.3 Å². The predicted octanol–water partition coefficient (Wildman–Crippen LogP) is 2.94. The van der Waals surface area contributed by atoms with E-state index in [4.69, 9.17) is 4.42 Å². The van der Waals surface area contributed by atoms with Crippen LogP contribution >= 0.6 is 0 Å². The van der Waals surface area contributed by atoms with Crippen molar-refractivity contribution >= 4 is 5.91 Å². The number of carbonyl (C=O) groups excluding carboxylic acids is 1. The molecule has 1 aliphatic heterocycles. The number of amides is 1. The van der Waals surface area contributed by atoms with E-state index in [0.717, 1.165) is 37.4 Å². The third-order valence-corrected chi connectivity index (χ3v) is 4.23. The van der Waals surface area contributed by atoms with Gasteiger partial charge in [-0.1, -0.05) is 31.2 Å². The molecular weight excluding hydrogens is 276 g/mol. The molecule has 2 aromatic rings. The third-order valence-electron chi connectivity index (χ3n) is 4.23. The van der Waals surface area contributed by atoms with Gasteiger partial charge in [-0.15, -0.1) is 0 Å². The molecule has 0 radical (unpaired) electrons. The van der Waals surface area contributed by atoms with Crippen molar-refractivity contribution in [2.24, 2.45) is 0 Å². The highest BCUT2D eigenvalue weighted by Gasteiger charge is 2.26. The van der Waals surface area contributed by atoms with Gasteiger partial charge in [0.2, 0.25) is 0 Å². The van der Waals surface area contributed by atoms with E-state index in [9.17, 15) is 4.79 Å². The van der Waals surface area contributed by atoms with Crippen molar-refractivity contribution in [2.75, 3.05) is 19.6 Å². The Balaban J connectivity index is 1.79. The normalized spacial score (nSPS) is 18.5. The van der Waals surface area contributed by atoms with Crippen molar-refractivity contribution in [3.63, 3.8) is 0 Å². The van der Waals surface area contributed by atoms with Crippen molar-refractivity contribution < 1.29 is 9.21 Å². The molecule has 0 bridgehead atoms. The van der Waals surface area contributed by atoms with E-state index < -0.39 is 0 Å². The van der Waals surface area contributed by atoms with Crippen LogP contribution in [0, 0.1) is 0 Å². The Morgan fingerprint density at radius 2 is 2.05 bits per heavy atom. The smallest absolute Gasteiger partial charge is 0.289 e. The number of nitrogens with zero attached hydrogens (tertiary/aromatic N) is 1. The van der Waals surface area contributed by atoms with Gasteiger partial charge in [0.1, 0.15) is 5.76 Å². The van der Waals surface area contributed by atoms with Crippen molar-refractivity contribution in [1.29, 1.82) is 0 Å². The molecule has 0 spiro atoms. The van der Waals surface area contributed by atoms with Gasteiger partial charge in [-0.05, 0) is 31.0 Å². The molecule has 116 valence electrons. The molecule has 0 unspecified atom stereocenters. The van der Waals surface area contributed by atoms with E-state index in [1.165, 1.54) is 5.56 Å². The monoisotopic (exact) mass is 298 g/mol. The van der Waals surface area contributed by atoms with Crippen molar-refractivity contribution in [1.82, 2.24) is 10.2 Å². The molecule has 1 aromatic heterocycles. The zero-order valence-corrected chi connectivity index (χ0v) is 13.1. The second-order valence-electron chi connectivity index (χ2n) is 5.77. The number of rotatable bonds is 3. The molecule has 0 aliphatic carbocycles.